The van der Waals surface area contributed by atoms with E-state index < -0.39 is 23.7 Å². The van der Waals surface area contributed by atoms with Crippen LogP contribution in [0.1, 0.15) is 62.9 Å². The molecular formula is C29H36F3N5O2. The zero-order valence-electron chi connectivity index (χ0n) is 23.2. The van der Waals surface area contributed by atoms with Gasteiger partial charge in [-0.3, -0.25) is 4.79 Å². The first-order valence-electron chi connectivity index (χ1n) is 12.9. The number of aromatic nitrogens is 2. The van der Waals surface area contributed by atoms with Crippen molar-refractivity contribution < 1.29 is 22.8 Å². The van der Waals surface area contributed by atoms with E-state index in [1.807, 2.05) is 59.7 Å². The van der Waals surface area contributed by atoms with Gasteiger partial charge in [0, 0.05) is 18.0 Å². The Morgan fingerprint density at radius 1 is 1.00 bits per heavy atom. The highest BCUT2D eigenvalue weighted by Gasteiger charge is 2.34. The third kappa shape index (κ3) is 7.61. The van der Waals surface area contributed by atoms with Crippen molar-refractivity contribution in [2.24, 2.45) is 0 Å². The second kappa shape index (κ2) is 11.9. The molecule has 0 bridgehead atoms. The molecule has 0 radical (unpaired) electrons. The van der Waals surface area contributed by atoms with E-state index in [0.717, 1.165) is 35.0 Å². The second-order valence-electron chi connectivity index (χ2n) is 10.7. The van der Waals surface area contributed by atoms with Gasteiger partial charge >= 0.3 is 12.2 Å². The van der Waals surface area contributed by atoms with Gasteiger partial charge in [0.2, 0.25) is 5.91 Å². The minimum Gasteiger partial charge on any atom is -0.315 e. The average Bonchev–Trinajstić information content (AvgIpc) is 3.25. The summed E-state index contributed by atoms with van der Waals surface area (Å²) < 4.78 is 42.0. The zero-order chi connectivity index (χ0) is 29.0. The van der Waals surface area contributed by atoms with E-state index in [1.54, 1.807) is 10.7 Å². The molecule has 0 saturated carbocycles. The highest BCUT2D eigenvalue weighted by molar-refractivity contribution is 5.97. The molecule has 0 saturated heterocycles. The van der Waals surface area contributed by atoms with E-state index in [-0.39, 0.29) is 24.2 Å². The number of halogens is 3. The number of carbonyl (C=O) groups excluding carboxylic acids is 2. The molecule has 2 N–H and O–H groups in total. The van der Waals surface area contributed by atoms with Gasteiger partial charge in [-0.15, -0.1) is 0 Å². The van der Waals surface area contributed by atoms with Gasteiger partial charge in [0.1, 0.15) is 12.4 Å². The van der Waals surface area contributed by atoms with Gasteiger partial charge in [0.05, 0.1) is 22.6 Å². The largest absolute Gasteiger partial charge is 0.418 e. The van der Waals surface area contributed by atoms with E-state index in [2.05, 4.69) is 10.6 Å². The van der Waals surface area contributed by atoms with Gasteiger partial charge < -0.3 is 15.5 Å². The lowest BCUT2D eigenvalue weighted by atomic mass is 9.92. The molecule has 0 unspecified atom stereocenters. The Labute approximate surface area is 227 Å². The Hall–Kier alpha value is -3.82. The van der Waals surface area contributed by atoms with Crippen LogP contribution in [0.5, 0.6) is 0 Å². The van der Waals surface area contributed by atoms with Crippen molar-refractivity contribution in [3.63, 3.8) is 0 Å². The second-order valence-corrected chi connectivity index (χ2v) is 10.7. The van der Waals surface area contributed by atoms with Crippen LogP contribution in [-0.4, -0.2) is 39.7 Å². The third-order valence-corrected chi connectivity index (χ3v) is 6.20. The molecule has 0 aliphatic heterocycles. The van der Waals surface area contributed by atoms with Crippen molar-refractivity contribution in [1.82, 2.24) is 14.7 Å². The summed E-state index contributed by atoms with van der Waals surface area (Å²) in [4.78, 5) is 27.4. The average molecular weight is 544 g/mol. The summed E-state index contributed by atoms with van der Waals surface area (Å²) in [6.07, 6.45) is -3.32. The molecule has 0 aliphatic carbocycles. The Bertz CT molecular complexity index is 1330. The lowest BCUT2D eigenvalue weighted by molar-refractivity contribution is -0.137. The number of carbonyl (C=O) groups is 2. The molecule has 3 amide bonds. The number of unbranched alkanes of at least 4 members (excludes halogenated alkanes) is 1. The van der Waals surface area contributed by atoms with Gasteiger partial charge in [0.25, 0.3) is 0 Å². The molecule has 1 heterocycles. The molecular weight excluding hydrogens is 507 g/mol. The summed E-state index contributed by atoms with van der Waals surface area (Å²) in [5.41, 5.74) is 2.03. The first-order chi connectivity index (χ1) is 18.2. The van der Waals surface area contributed by atoms with Gasteiger partial charge in [-0.25, -0.2) is 9.48 Å². The van der Waals surface area contributed by atoms with E-state index in [1.165, 1.54) is 23.1 Å². The van der Waals surface area contributed by atoms with Crippen molar-refractivity contribution in [2.75, 3.05) is 23.7 Å². The molecule has 0 atom stereocenters. The highest BCUT2D eigenvalue weighted by Crippen LogP contribution is 2.34. The number of benzene rings is 2. The number of alkyl halides is 3. The van der Waals surface area contributed by atoms with Crippen molar-refractivity contribution in [3.8, 4) is 5.69 Å². The molecule has 3 aromatic rings. The van der Waals surface area contributed by atoms with E-state index in [0.29, 0.717) is 12.2 Å². The minimum atomic E-state index is -4.63. The fraction of sp³-hybridized carbons (Fsp3) is 0.414. The number of hydrogen-bond acceptors (Lipinski definition) is 3. The van der Waals surface area contributed by atoms with Crippen LogP contribution in [0.4, 0.5) is 29.5 Å². The summed E-state index contributed by atoms with van der Waals surface area (Å²) in [6.45, 7) is 11.8. The van der Waals surface area contributed by atoms with Crippen LogP contribution in [0.2, 0.25) is 0 Å². The molecule has 0 fully saturated rings. The third-order valence-electron chi connectivity index (χ3n) is 6.20. The van der Waals surface area contributed by atoms with Crippen molar-refractivity contribution >= 4 is 23.4 Å². The molecule has 0 spiro atoms. The number of anilines is 2. The zero-order valence-corrected chi connectivity index (χ0v) is 23.2. The highest BCUT2D eigenvalue weighted by atomic mass is 19.4. The van der Waals surface area contributed by atoms with Crippen LogP contribution in [0.15, 0.2) is 48.5 Å². The molecule has 0 aliphatic rings. The van der Waals surface area contributed by atoms with Crippen LogP contribution in [0.3, 0.4) is 0 Å². The Balaban J connectivity index is 1.86. The first-order valence-corrected chi connectivity index (χ1v) is 12.9. The fourth-order valence-electron chi connectivity index (χ4n) is 4.05. The van der Waals surface area contributed by atoms with Crippen molar-refractivity contribution in [3.05, 3.63) is 70.9 Å². The number of nitrogens with zero attached hydrogens (tertiary/aromatic N) is 3. The maximum Gasteiger partial charge on any atom is 0.418 e. The quantitative estimate of drug-likeness (QED) is 0.319. The number of para-hydroxylation sites is 1. The van der Waals surface area contributed by atoms with Crippen LogP contribution >= 0.6 is 0 Å². The molecule has 2 aromatic carbocycles. The Kier molecular flexibility index (Phi) is 9.09. The van der Waals surface area contributed by atoms with Gasteiger partial charge in [-0.1, -0.05) is 63.9 Å². The van der Waals surface area contributed by atoms with E-state index >= 15 is 0 Å². The standard InChI is InChI=1S/C29H36F3N5O2/c1-7-8-15-36(27(39)33-22-12-10-9-11-21(22)29(30,31)32)18-26(38)34-25-17-24(28(4,5)6)35-37(25)23-14-13-19(2)16-20(23)3/h9-14,16-17H,7-8,15,18H2,1-6H3,(H,33,39)(H,34,38). The summed E-state index contributed by atoms with van der Waals surface area (Å²) >= 11 is 0. The lowest BCUT2D eigenvalue weighted by Crippen LogP contribution is -2.41. The molecule has 3 rings (SSSR count). The maximum atomic E-state index is 13.4. The normalized spacial score (nSPS) is 11.8. The number of urea groups is 1. The number of nitrogens with one attached hydrogen (secondary N) is 2. The SMILES string of the molecule is CCCCN(CC(=O)Nc1cc(C(C)(C)C)nn1-c1ccc(C)cc1C)C(=O)Nc1ccccc1C(F)(F)F. The van der Waals surface area contributed by atoms with Crippen molar-refractivity contribution in [2.45, 2.75) is 66.0 Å². The van der Waals surface area contributed by atoms with Crippen LogP contribution in [-0.2, 0) is 16.4 Å². The number of amides is 3. The predicted octanol–water partition coefficient (Wildman–Crippen LogP) is 7.08. The fourth-order valence-corrected chi connectivity index (χ4v) is 4.05. The summed E-state index contributed by atoms with van der Waals surface area (Å²) in [7, 11) is 0. The number of rotatable bonds is 8. The number of hydrogen-bond donors (Lipinski definition) is 2. The number of aryl methyl sites for hydroxylation is 2. The first kappa shape index (κ1) is 29.7. The molecule has 10 heteroatoms. The topological polar surface area (TPSA) is 79.3 Å². The van der Waals surface area contributed by atoms with Gasteiger partial charge in [0.15, 0.2) is 0 Å². The predicted molar refractivity (Wildman–Crippen MR) is 147 cm³/mol. The molecule has 210 valence electrons. The lowest BCUT2D eigenvalue weighted by Gasteiger charge is -2.23. The van der Waals surface area contributed by atoms with Gasteiger partial charge in [-0.05, 0) is 44.0 Å². The maximum absolute atomic E-state index is 13.4. The molecule has 1 aromatic heterocycles. The Morgan fingerprint density at radius 3 is 2.31 bits per heavy atom. The molecule has 7 nitrogen and oxygen atoms in total. The summed E-state index contributed by atoms with van der Waals surface area (Å²) in [6, 6.07) is 11.7. The van der Waals surface area contributed by atoms with E-state index in [4.69, 9.17) is 5.10 Å². The summed E-state index contributed by atoms with van der Waals surface area (Å²) in [5, 5.41) is 9.95. The Morgan fingerprint density at radius 2 is 1.69 bits per heavy atom. The monoisotopic (exact) mass is 543 g/mol. The van der Waals surface area contributed by atoms with Crippen LogP contribution in [0, 0.1) is 13.8 Å². The van der Waals surface area contributed by atoms with Gasteiger partial charge in [-0.2, -0.15) is 18.3 Å². The van der Waals surface area contributed by atoms with Crippen molar-refractivity contribution in [1.29, 1.82) is 0 Å². The smallest absolute Gasteiger partial charge is 0.315 e. The summed E-state index contributed by atoms with van der Waals surface area (Å²) in [5.74, 6) is -0.0492. The van der Waals surface area contributed by atoms with Crippen LogP contribution < -0.4 is 10.6 Å². The molecule has 39 heavy (non-hydrogen) atoms. The minimum absolute atomic E-state index is 0.202. The van der Waals surface area contributed by atoms with E-state index in [9.17, 15) is 22.8 Å². The van der Waals surface area contributed by atoms with Crippen LogP contribution in [0.25, 0.3) is 5.69 Å².